The van der Waals surface area contributed by atoms with Crippen molar-refractivity contribution in [2.75, 3.05) is 20.3 Å². The Labute approximate surface area is 150 Å². The van der Waals surface area contributed by atoms with E-state index in [0.29, 0.717) is 12.2 Å². The summed E-state index contributed by atoms with van der Waals surface area (Å²) in [7, 11) is 1.33. The molecule has 1 aromatic carbocycles. The summed E-state index contributed by atoms with van der Waals surface area (Å²) in [4.78, 5) is 23.0. The Morgan fingerprint density at radius 3 is 2.16 bits per heavy atom. The molecule has 0 saturated carbocycles. The van der Waals surface area contributed by atoms with Gasteiger partial charge in [0.25, 0.3) is 5.91 Å². The molecule has 0 aliphatic rings. The highest BCUT2D eigenvalue weighted by Crippen LogP contribution is 2.11. The smallest absolute Gasteiger partial charge is 0.307 e. The summed E-state index contributed by atoms with van der Waals surface area (Å²) in [6.45, 7) is 0.588. The van der Waals surface area contributed by atoms with Crippen LogP contribution in [0, 0.1) is 0 Å². The van der Waals surface area contributed by atoms with E-state index in [-0.39, 0.29) is 24.8 Å². The first-order chi connectivity index (χ1) is 12.2. The Balaban J connectivity index is 2.18. The fraction of sp³-hybridized carbons (Fsp3) is 0.600. The van der Waals surface area contributed by atoms with Crippen molar-refractivity contribution < 1.29 is 19.4 Å². The van der Waals surface area contributed by atoms with E-state index in [1.165, 1.54) is 38.4 Å². The Hall–Kier alpha value is -1.88. The van der Waals surface area contributed by atoms with Gasteiger partial charge >= 0.3 is 5.97 Å². The number of benzene rings is 1. The van der Waals surface area contributed by atoms with Crippen LogP contribution in [-0.4, -0.2) is 37.2 Å². The van der Waals surface area contributed by atoms with Crippen molar-refractivity contribution in [2.45, 2.75) is 57.8 Å². The topological polar surface area (TPSA) is 75.6 Å². The lowest BCUT2D eigenvalue weighted by molar-refractivity contribution is -0.140. The average Bonchev–Trinajstić information content (AvgIpc) is 2.64. The Kier molecular flexibility index (Phi) is 11.4. The van der Waals surface area contributed by atoms with Crippen LogP contribution in [0.5, 0.6) is 0 Å². The number of rotatable bonds is 13. The number of nitrogens with one attached hydrogen (secondary N) is 1. The normalized spacial score (nSPS) is 10.5. The van der Waals surface area contributed by atoms with Gasteiger partial charge in [0.05, 0.1) is 13.5 Å². The Morgan fingerprint density at radius 2 is 1.56 bits per heavy atom. The fourth-order valence-electron chi connectivity index (χ4n) is 2.63. The zero-order valence-electron chi connectivity index (χ0n) is 15.3. The van der Waals surface area contributed by atoms with Crippen LogP contribution in [0.15, 0.2) is 24.3 Å². The largest absolute Gasteiger partial charge is 0.469 e. The van der Waals surface area contributed by atoms with Gasteiger partial charge in [-0.25, -0.2) is 0 Å². The Bertz CT molecular complexity index is 499. The number of unbranched alkanes of at least 4 members (excludes halogenated alkanes) is 6. The van der Waals surface area contributed by atoms with Gasteiger partial charge < -0.3 is 15.2 Å². The minimum atomic E-state index is -0.330. The molecule has 1 rings (SSSR count). The zero-order chi connectivity index (χ0) is 18.3. The van der Waals surface area contributed by atoms with Crippen molar-refractivity contribution in [1.29, 1.82) is 0 Å². The number of hydrogen-bond donors (Lipinski definition) is 2. The van der Waals surface area contributed by atoms with Gasteiger partial charge in [0, 0.05) is 18.7 Å². The minimum absolute atomic E-state index is 0.168. The van der Waals surface area contributed by atoms with Gasteiger partial charge in [0.2, 0.25) is 0 Å². The summed E-state index contributed by atoms with van der Waals surface area (Å²) >= 11 is 0. The van der Waals surface area contributed by atoms with Crippen molar-refractivity contribution in [2.24, 2.45) is 0 Å². The molecule has 0 spiro atoms. The number of aliphatic hydroxyl groups excluding tert-OH is 1. The van der Waals surface area contributed by atoms with Crippen molar-refractivity contribution in [3.05, 3.63) is 35.4 Å². The molecule has 0 aromatic heterocycles. The van der Waals surface area contributed by atoms with Gasteiger partial charge in [-0.15, -0.1) is 0 Å². The van der Waals surface area contributed by atoms with E-state index >= 15 is 0 Å². The summed E-state index contributed by atoms with van der Waals surface area (Å²) in [5, 5.41) is 11.4. The highest BCUT2D eigenvalue weighted by Gasteiger charge is 2.06. The number of methoxy groups -OCH3 is 1. The highest BCUT2D eigenvalue weighted by molar-refractivity contribution is 5.94. The van der Waals surface area contributed by atoms with Crippen LogP contribution in [0.1, 0.15) is 67.3 Å². The van der Waals surface area contributed by atoms with Gasteiger partial charge in [0.1, 0.15) is 0 Å². The molecule has 5 nitrogen and oxygen atoms in total. The van der Waals surface area contributed by atoms with E-state index in [1.54, 1.807) is 0 Å². The number of esters is 1. The van der Waals surface area contributed by atoms with Crippen molar-refractivity contribution >= 4 is 11.9 Å². The molecule has 0 bridgehead atoms. The summed E-state index contributed by atoms with van der Waals surface area (Å²) < 4.78 is 4.53. The van der Waals surface area contributed by atoms with Crippen LogP contribution in [0.4, 0.5) is 0 Å². The lowest BCUT2D eigenvalue weighted by Crippen LogP contribution is -2.26. The molecule has 2 N–H and O–H groups in total. The molecule has 0 unspecified atom stereocenters. The van der Waals surface area contributed by atoms with Crippen molar-refractivity contribution in [1.82, 2.24) is 5.32 Å². The first kappa shape index (κ1) is 21.2. The number of aryl methyl sites for hydroxylation is 1. The molecule has 0 heterocycles. The van der Waals surface area contributed by atoms with E-state index in [9.17, 15) is 9.59 Å². The maximum atomic E-state index is 12.0. The van der Waals surface area contributed by atoms with E-state index in [0.717, 1.165) is 25.7 Å². The molecule has 1 aromatic rings. The van der Waals surface area contributed by atoms with Gasteiger partial charge in [-0.3, -0.25) is 9.59 Å². The third-order valence-corrected chi connectivity index (χ3v) is 4.18. The number of hydrogen-bond acceptors (Lipinski definition) is 4. The summed E-state index contributed by atoms with van der Waals surface area (Å²) in [5.41, 5.74) is 1.85. The first-order valence-corrected chi connectivity index (χ1v) is 9.22. The SMILES string of the molecule is COC(=O)CCNC(=O)c1ccc(CCCCCCCCCO)cc1. The predicted octanol–water partition coefficient (Wildman–Crippen LogP) is 3.25. The van der Waals surface area contributed by atoms with Gasteiger partial charge in [0.15, 0.2) is 0 Å². The number of ether oxygens (including phenoxy) is 1. The Morgan fingerprint density at radius 1 is 0.960 bits per heavy atom. The molecule has 25 heavy (non-hydrogen) atoms. The highest BCUT2D eigenvalue weighted by atomic mass is 16.5. The van der Waals surface area contributed by atoms with Crippen LogP contribution in [-0.2, 0) is 16.0 Å². The molecule has 0 saturated heterocycles. The molecule has 5 heteroatoms. The van der Waals surface area contributed by atoms with Crippen LogP contribution >= 0.6 is 0 Å². The quantitative estimate of drug-likeness (QED) is 0.423. The fourth-order valence-corrected chi connectivity index (χ4v) is 2.63. The van der Waals surface area contributed by atoms with E-state index in [4.69, 9.17) is 5.11 Å². The third-order valence-electron chi connectivity index (χ3n) is 4.18. The maximum Gasteiger partial charge on any atom is 0.307 e. The molecular weight excluding hydrogens is 318 g/mol. The summed E-state index contributed by atoms with van der Waals surface area (Å²) in [5.74, 6) is -0.498. The van der Waals surface area contributed by atoms with Crippen molar-refractivity contribution in [3.63, 3.8) is 0 Å². The summed E-state index contributed by atoms with van der Waals surface area (Å²) in [6.07, 6.45) is 9.32. The third kappa shape index (κ3) is 9.87. The van der Waals surface area contributed by atoms with Crippen LogP contribution < -0.4 is 5.32 Å². The van der Waals surface area contributed by atoms with Crippen LogP contribution in [0.2, 0.25) is 0 Å². The van der Waals surface area contributed by atoms with Crippen molar-refractivity contribution in [3.8, 4) is 0 Å². The molecule has 140 valence electrons. The van der Waals surface area contributed by atoms with Gasteiger partial charge in [-0.2, -0.15) is 0 Å². The lowest BCUT2D eigenvalue weighted by atomic mass is 10.0. The van der Waals surface area contributed by atoms with Crippen LogP contribution in [0.25, 0.3) is 0 Å². The maximum absolute atomic E-state index is 12.0. The predicted molar refractivity (Wildman–Crippen MR) is 98.5 cm³/mol. The van der Waals surface area contributed by atoms with E-state index in [2.05, 4.69) is 10.1 Å². The molecule has 0 radical (unpaired) electrons. The molecule has 0 fully saturated rings. The van der Waals surface area contributed by atoms with Crippen LogP contribution in [0.3, 0.4) is 0 Å². The van der Waals surface area contributed by atoms with E-state index < -0.39 is 0 Å². The molecule has 0 atom stereocenters. The van der Waals surface area contributed by atoms with Gasteiger partial charge in [-0.1, -0.05) is 44.2 Å². The molecule has 0 aliphatic carbocycles. The zero-order valence-corrected chi connectivity index (χ0v) is 15.3. The monoisotopic (exact) mass is 349 g/mol. The van der Waals surface area contributed by atoms with Gasteiger partial charge in [-0.05, 0) is 37.0 Å². The number of amides is 1. The second-order valence-corrected chi connectivity index (χ2v) is 6.23. The average molecular weight is 349 g/mol. The second kappa shape index (κ2) is 13.4. The standard InChI is InChI=1S/C20H31NO4/c1-25-19(23)14-15-21-20(24)18-12-10-17(11-13-18)9-7-5-3-2-4-6-8-16-22/h10-13,22H,2-9,14-16H2,1H3,(H,21,24). The van der Waals surface area contributed by atoms with E-state index in [1.807, 2.05) is 24.3 Å². The molecule has 1 amide bonds. The number of carbonyl (C=O) groups excluding carboxylic acids is 2. The second-order valence-electron chi connectivity index (χ2n) is 6.23. The first-order valence-electron chi connectivity index (χ1n) is 9.22. The minimum Gasteiger partial charge on any atom is -0.469 e. The number of carbonyl (C=O) groups is 2. The molecule has 0 aliphatic heterocycles. The lowest BCUT2D eigenvalue weighted by Gasteiger charge is -2.06. The number of aliphatic hydroxyl groups is 1. The summed E-state index contributed by atoms with van der Waals surface area (Å²) in [6, 6.07) is 7.66. The molecular formula is C20H31NO4.